The highest BCUT2D eigenvalue weighted by Gasteiger charge is 2.45. The maximum atomic E-state index is 15.0. The molecule has 0 radical (unpaired) electrons. The van der Waals surface area contributed by atoms with E-state index in [1.165, 1.54) is 40.2 Å². The Labute approximate surface area is 250 Å². The highest BCUT2D eigenvalue weighted by molar-refractivity contribution is 5.95. The number of methoxy groups -OCH3 is 2. The number of aliphatic hydroxyl groups is 1. The minimum Gasteiger partial charge on any atom is -0.497 e. The van der Waals surface area contributed by atoms with Crippen molar-refractivity contribution in [2.24, 2.45) is 0 Å². The summed E-state index contributed by atoms with van der Waals surface area (Å²) in [7, 11) is 2.87. The number of ether oxygens (including phenoxy) is 6. The summed E-state index contributed by atoms with van der Waals surface area (Å²) in [5.74, 6) is -2.50. The van der Waals surface area contributed by atoms with E-state index in [-0.39, 0.29) is 24.5 Å². The first-order valence-electron chi connectivity index (χ1n) is 13.7. The van der Waals surface area contributed by atoms with E-state index in [1.54, 1.807) is 62.4 Å². The number of alkyl halides is 1. The third-order valence-electron chi connectivity index (χ3n) is 6.78. The van der Waals surface area contributed by atoms with Crippen LogP contribution in [0.15, 0.2) is 60.7 Å². The molecule has 0 bridgehead atoms. The summed E-state index contributed by atoms with van der Waals surface area (Å²) in [5.41, 5.74) is -1.60. The normalized spacial score (nSPS) is 20.9. The zero-order valence-corrected chi connectivity index (χ0v) is 25.1. The molecule has 234 valence electrons. The van der Waals surface area contributed by atoms with Crippen molar-refractivity contribution in [3.63, 3.8) is 0 Å². The summed E-state index contributed by atoms with van der Waals surface area (Å²) in [6.45, 7) is 5.76. The van der Waals surface area contributed by atoms with Crippen LogP contribution >= 0.6 is 0 Å². The lowest BCUT2D eigenvalue weighted by molar-refractivity contribution is -0.152. The molecule has 0 spiro atoms. The molecule has 1 aliphatic rings. The quantitative estimate of drug-likeness (QED) is 0.169. The van der Waals surface area contributed by atoms with Crippen LogP contribution in [0.2, 0.25) is 0 Å². The molecule has 5 unspecified atom stereocenters. The summed E-state index contributed by atoms with van der Waals surface area (Å²) in [4.78, 5) is 25.1. The van der Waals surface area contributed by atoms with Crippen molar-refractivity contribution in [2.75, 3.05) is 21.0 Å². The van der Waals surface area contributed by atoms with Gasteiger partial charge in [-0.3, -0.25) is 0 Å². The molecular weight excluding hydrogens is 563 g/mol. The Kier molecular flexibility index (Phi) is 11.5. The van der Waals surface area contributed by atoms with Crippen molar-refractivity contribution in [1.82, 2.24) is 0 Å². The highest BCUT2D eigenvalue weighted by Crippen LogP contribution is 2.35. The number of aromatic carboxylic acids is 1. The molecule has 2 aromatic carbocycles. The average Bonchev–Trinajstić information content (AvgIpc) is 3.27. The molecule has 1 saturated heterocycles. The minimum atomic E-state index is -2.11. The lowest BCUT2D eigenvalue weighted by Gasteiger charge is -2.26. The van der Waals surface area contributed by atoms with Gasteiger partial charge in [0.2, 0.25) is 0 Å². The van der Waals surface area contributed by atoms with Crippen LogP contribution in [0.4, 0.5) is 4.39 Å². The van der Waals surface area contributed by atoms with Gasteiger partial charge in [-0.25, -0.2) is 14.0 Å². The van der Waals surface area contributed by atoms with Gasteiger partial charge in [-0.1, -0.05) is 30.4 Å². The van der Waals surface area contributed by atoms with Crippen LogP contribution in [0.25, 0.3) is 6.08 Å². The Hall–Kier alpha value is -3.77. The third-order valence-corrected chi connectivity index (χ3v) is 6.78. The SMILES string of the molecule is COCOc1cc(OC)cc(/C=C/CC2OC(C)(C)OC2C(/C=C\C(C)(F)C(C)O)OC(=O)c2ccccc2)c1C(=O)O. The van der Waals surface area contributed by atoms with Gasteiger partial charge in [0.25, 0.3) is 0 Å². The molecule has 0 amide bonds. The number of carbonyl (C=O) groups is 2. The molecular formula is C32H39FO10. The first-order valence-corrected chi connectivity index (χ1v) is 13.7. The Balaban J connectivity index is 1.94. The molecule has 1 heterocycles. The molecule has 43 heavy (non-hydrogen) atoms. The Morgan fingerprint density at radius 2 is 1.86 bits per heavy atom. The molecule has 5 atom stereocenters. The van der Waals surface area contributed by atoms with Crippen molar-refractivity contribution in [2.45, 2.75) is 70.0 Å². The number of carbonyl (C=O) groups excluding carboxylic acids is 1. The van der Waals surface area contributed by atoms with Crippen molar-refractivity contribution in [3.05, 3.63) is 77.4 Å². The maximum absolute atomic E-state index is 15.0. The van der Waals surface area contributed by atoms with E-state index >= 15 is 0 Å². The van der Waals surface area contributed by atoms with Crippen LogP contribution < -0.4 is 9.47 Å². The van der Waals surface area contributed by atoms with Crippen molar-refractivity contribution >= 4 is 18.0 Å². The molecule has 2 N–H and O–H groups in total. The van der Waals surface area contributed by atoms with E-state index in [2.05, 4.69) is 0 Å². The monoisotopic (exact) mass is 602 g/mol. The largest absolute Gasteiger partial charge is 0.497 e. The van der Waals surface area contributed by atoms with Gasteiger partial charge >= 0.3 is 11.9 Å². The summed E-state index contributed by atoms with van der Waals surface area (Å²) < 4.78 is 48.7. The molecule has 0 saturated carbocycles. The molecule has 10 nitrogen and oxygen atoms in total. The maximum Gasteiger partial charge on any atom is 0.340 e. The fraction of sp³-hybridized carbons (Fsp3) is 0.438. The number of hydrogen-bond acceptors (Lipinski definition) is 9. The predicted molar refractivity (Wildman–Crippen MR) is 156 cm³/mol. The Morgan fingerprint density at radius 3 is 2.47 bits per heavy atom. The molecule has 1 aliphatic heterocycles. The molecule has 0 aliphatic carbocycles. The van der Waals surface area contributed by atoms with Crippen LogP contribution in [-0.2, 0) is 18.9 Å². The minimum absolute atomic E-state index is 0.0678. The van der Waals surface area contributed by atoms with Gasteiger partial charge in [0, 0.05) is 13.2 Å². The van der Waals surface area contributed by atoms with Crippen molar-refractivity contribution in [3.8, 4) is 11.5 Å². The molecule has 3 rings (SSSR count). The number of hydrogen-bond donors (Lipinski definition) is 2. The molecule has 0 aromatic heterocycles. The first-order chi connectivity index (χ1) is 20.3. The third kappa shape index (κ3) is 9.11. The second-order valence-corrected chi connectivity index (χ2v) is 10.6. The lowest BCUT2D eigenvalue weighted by Crippen LogP contribution is -2.38. The second-order valence-electron chi connectivity index (χ2n) is 10.6. The van der Waals surface area contributed by atoms with Gasteiger partial charge < -0.3 is 38.6 Å². The summed E-state index contributed by atoms with van der Waals surface area (Å²) >= 11 is 0. The second kappa shape index (κ2) is 14.6. The van der Waals surface area contributed by atoms with Crippen LogP contribution in [0.3, 0.4) is 0 Å². The van der Waals surface area contributed by atoms with E-state index < -0.39 is 47.8 Å². The van der Waals surface area contributed by atoms with Crippen molar-refractivity contribution in [1.29, 1.82) is 0 Å². The van der Waals surface area contributed by atoms with Crippen LogP contribution in [0.5, 0.6) is 11.5 Å². The fourth-order valence-electron chi connectivity index (χ4n) is 4.38. The van der Waals surface area contributed by atoms with Crippen LogP contribution in [-0.4, -0.2) is 79.0 Å². The van der Waals surface area contributed by atoms with Gasteiger partial charge in [0.05, 0.1) is 24.9 Å². The van der Waals surface area contributed by atoms with E-state index in [0.29, 0.717) is 16.9 Å². The number of benzene rings is 2. The van der Waals surface area contributed by atoms with E-state index in [0.717, 1.165) is 6.08 Å². The standard InChI is InChI=1S/C32H39FO10/c1-20(34)32(4,33)16-15-24(41-30(37)21-11-8-7-9-12-21)28-25(42-31(2,3)43-28)14-10-13-22-17-23(39-6)18-26(40-19-38-5)27(22)29(35)36/h7-13,15-18,20,24-25,28,34H,14,19H2,1-6H3,(H,35,36)/b13-10+,16-15-. The van der Waals surface area contributed by atoms with E-state index in [4.69, 9.17) is 28.4 Å². The number of esters is 1. The zero-order chi connectivity index (χ0) is 31.8. The number of halogens is 1. The van der Waals surface area contributed by atoms with Crippen LogP contribution in [0, 0.1) is 0 Å². The predicted octanol–water partition coefficient (Wildman–Crippen LogP) is 5.19. The highest BCUT2D eigenvalue weighted by atomic mass is 19.1. The Bertz CT molecular complexity index is 1300. The summed E-state index contributed by atoms with van der Waals surface area (Å²) in [5, 5.41) is 19.8. The smallest absolute Gasteiger partial charge is 0.340 e. The van der Waals surface area contributed by atoms with E-state index in [1.807, 2.05) is 0 Å². The van der Waals surface area contributed by atoms with E-state index in [9.17, 15) is 24.2 Å². The zero-order valence-electron chi connectivity index (χ0n) is 25.1. The summed E-state index contributed by atoms with van der Waals surface area (Å²) in [6.07, 6.45) is 1.99. The molecule has 2 aromatic rings. The summed E-state index contributed by atoms with van der Waals surface area (Å²) in [6, 6.07) is 11.3. The first kappa shape index (κ1) is 33.7. The molecule has 11 heteroatoms. The fourth-order valence-corrected chi connectivity index (χ4v) is 4.38. The lowest BCUT2D eigenvalue weighted by atomic mass is 9.98. The Morgan fingerprint density at radius 1 is 1.16 bits per heavy atom. The number of rotatable bonds is 14. The average molecular weight is 603 g/mol. The van der Waals surface area contributed by atoms with Gasteiger partial charge in [-0.15, -0.1) is 0 Å². The topological polar surface area (TPSA) is 130 Å². The number of carboxylic acid groups (broad SMARTS) is 1. The molecule has 1 fully saturated rings. The van der Waals surface area contributed by atoms with Gasteiger partial charge in [-0.2, -0.15) is 0 Å². The van der Waals surface area contributed by atoms with Gasteiger partial charge in [-0.05, 0) is 70.0 Å². The van der Waals surface area contributed by atoms with Gasteiger partial charge in [0.1, 0.15) is 29.3 Å². The number of carboxylic acids is 1. The van der Waals surface area contributed by atoms with Crippen LogP contribution in [0.1, 0.15) is 60.4 Å². The number of aliphatic hydroxyl groups excluding tert-OH is 1. The van der Waals surface area contributed by atoms with Gasteiger partial charge in [0.15, 0.2) is 18.2 Å². The van der Waals surface area contributed by atoms with Crippen molar-refractivity contribution < 1.29 is 52.6 Å².